The summed E-state index contributed by atoms with van der Waals surface area (Å²) in [6, 6.07) is 5.65. The van der Waals surface area contributed by atoms with E-state index in [4.69, 9.17) is 16.6 Å². The Bertz CT molecular complexity index is 605. The average molecular weight is 309 g/mol. The second kappa shape index (κ2) is 5.72. The van der Waals surface area contributed by atoms with E-state index in [9.17, 15) is 5.11 Å². The van der Waals surface area contributed by atoms with Gasteiger partial charge in [-0.05, 0) is 43.9 Å². The Balaban J connectivity index is 1.79. The normalized spacial score (nSPS) is 15.2. The van der Waals surface area contributed by atoms with Crippen molar-refractivity contribution in [3.63, 3.8) is 0 Å². The van der Waals surface area contributed by atoms with Crippen LogP contribution in [0.4, 0.5) is 5.69 Å². The maximum Gasteiger partial charge on any atom is 0.115 e. The predicted octanol–water partition coefficient (Wildman–Crippen LogP) is 3.95. The zero-order chi connectivity index (χ0) is 14.1. The minimum Gasteiger partial charge on any atom is -0.392 e. The molecule has 3 rings (SSSR count). The molecule has 106 valence electrons. The fraction of sp³-hybridized carbons (Fsp3) is 0.400. The molecule has 5 heteroatoms. The van der Waals surface area contributed by atoms with Crippen LogP contribution in [-0.2, 0) is 19.4 Å². The highest BCUT2D eigenvalue weighted by molar-refractivity contribution is 7.11. The summed E-state index contributed by atoms with van der Waals surface area (Å²) in [4.78, 5) is 6.16. The molecule has 1 aromatic carbocycles. The van der Waals surface area contributed by atoms with Crippen LogP contribution in [0.25, 0.3) is 0 Å². The Labute approximate surface area is 127 Å². The number of fused-ring (bicyclic) bond motifs is 1. The average Bonchev–Trinajstić information content (AvgIpc) is 3.02. The van der Waals surface area contributed by atoms with Gasteiger partial charge < -0.3 is 10.4 Å². The first kappa shape index (κ1) is 13.9. The summed E-state index contributed by atoms with van der Waals surface area (Å²) in [7, 11) is 0. The maximum atomic E-state index is 9.20. The number of aliphatic hydroxyl groups excluding tert-OH is 1. The highest BCUT2D eigenvalue weighted by Crippen LogP contribution is 2.33. The van der Waals surface area contributed by atoms with E-state index in [2.05, 4.69) is 12.2 Å². The molecule has 0 saturated heterocycles. The number of aliphatic hydroxyl groups is 1. The Morgan fingerprint density at radius 2 is 2.30 bits per heavy atom. The van der Waals surface area contributed by atoms with E-state index in [0.717, 1.165) is 22.7 Å². The van der Waals surface area contributed by atoms with Crippen LogP contribution in [0.3, 0.4) is 0 Å². The van der Waals surface area contributed by atoms with Crippen LogP contribution in [0, 0.1) is 0 Å². The van der Waals surface area contributed by atoms with Crippen molar-refractivity contribution in [1.82, 2.24) is 4.98 Å². The lowest BCUT2D eigenvalue weighted by Crippen LogP contribution is -2.07. The summed E-state index contributed by atoms with van der Waals surface area (Å²) in [5.41, 5.74) is 2.97. The molecule has 2 aromatic rings. The third-order valence-electron chi connectivity index (χ3n) is 3.57. The largest absolute Gasteiger partial charge is 0.392 e. The monoisotopic (exact) mass is 308 g/mol. The molecule has 0 fully saturated rings. The topological polar surface area (TPSA) is 45.1 Å². The number of rotatable bonds is 4. The quantitative estimate of drug-likeness (QED) is 0.899. The SMILES string of the molecule is CC(Nc1cc(CO)ccc1Cl)c1nc2c(s1)CCC2. The molecule has 1 atom stereocenters. The smallest absolute Gasteiger partial charge is 0.115 e. The van der Waals surface area contributed by atoms with E-state index in [1.807, 2.05) is 18.2 Å². The van der Waals surface area contributed by atoms with E-state index in [0.29, 0.717) is 5.02 Å². The van der Waals surface area contributed by atoms with Gasteiger partial charge in [0.1, 0.15) is 5.01 Å². The number of aromatic nitrogens is 1. The molecule has 1 aliphatic rings. The van der Waals surface area contributed by atoms with E-state index in [1.54, 1.807) is 11.3 Å². The van der Waals surface area contributed by atoms with Crippen molar-refractivity contribution < 1.29 is 5.11 Å². The Kier molecular flexibility index (Phi) is 3.96. The minimum absolute atomic E-state index is 0.0196. The van der Waals surface area contributed by atoms with Gasteiger partial charge in [0.25, 0.3) is 0 Å². The van der Waals surface area contributed by atoms with Crippen LogP contribution in [0.2, 0.25) is 5.02 Å². The van der Waals surface area contributed by atoms with Crippen molar-refractivity contribution in [2.24, 2.45) is 0 Å². The van der Waals surface area contributed by atoms with Crippen molar-refractivity contribution in [2.75, 3.05) is 5.32 Å². The lowest BCUT2D eigenvalue weighted by atomic mass is 10.2. The molecule has 2 N–H and O–H groups in total. The molecule has 1 aliphatic carbocycles. The number of hydrogen-bond acceptors (Lipinski definition) is 4. The van der Waals surface area contributed by atoms with Gasteiger partial charge in [-0.1, -0.05) is 17.7 Å². The lowest BCUT2D eigenvalue weighted by molar-refractivity contribution is 0.282. The molecule has 1 unspecified atom stereocenters. The molecule has 0 aliphatic heterocycles. The van der Waals surface area contributed by atoms with Gasteiger partial charge in [0.15, 0.2) is 0 Å². The van der Waals surface area contributed by atoms with Crippen LogP contribution >= 0.6 is 22.9 Å². The number of nitrogens with zero attached hydrogens (tertiary/aromatic N) is 1. The predicted molar refractivity (Wildman–Crippen MR) is 83.6 cm³/mol. The number of thiazole rings is 1. The summed E-state index contributed by atoms with van der Waals surface area (Å²) in [6.07, 6.45) is 3.51. The van der Waals surface area contributed by atoms with Gasteiger partial charge >= 0.3 is 0 Å². The van der Waals surface area contributed by atoms with E-state index < -0.39 is 0 Å². The first-order valence-corrected chi connectivity index (χ1v) is 8.01. The molecule has 3 nitrogen and oxygen atoms in total. The maximum absolute atomic E-state index is 9.20. The molecule has 0 saturated carbocycles. The number of halogens is 1. The summed E-state index contributed by atoms with van der Waals surface area (Å²) < 4.78 is 0. The number of aryl methyl sites for hydroxylation is 2. The molecule has 0 amide bonds. The molecular formula is C15H17ClN2OS. The second-order valence-electron chi connectivity index (χ2n) is 5.11. The van der Waals surface area contributed by atoms with Crippen molar-refractivity contribution in [3.8, 4) is 0 Å². The fourth-order valence-electron chi connectivity index (χ4n) is 2.47. The summed E-state index contributed by atoms with van der Waals surface area (Å²) in [5.74, 6) is 0. The molecular weight excluding hydrogens is 292 g/mol. The Hall–Kier alpha value is -1.10. The molecule has 0 bridgehead atoms. The zero-order valence-corrected chi connectivity index (χ0v) is 12.9. The first-order chi connectivity index (χ1) is 9.67. The van der Waals surface area contributed by atoms with Crippen LogP contribution in [0.5, 0.6) is 0 Å². The van der Waals surface area contributed by atoms with Gasteiger partial charge in [-0.15, -0.1) is 11.3 Å². The third-order valence-corrected chi connectivity index (χ3v) is 5.24. The van der Waals surface area contributed by atoms with Crippen molar-refractivity contribution in [1.29, 1.82) is 0 Å². The van der Waals surface area contributed by atoms with Crippen molar-refractivity contribution in [3.05, 3.63) is 44.4 Å². The van der Waals surface area contributed by atoms with Gasteiger partial charge in [-0.25, -0.2) is 4.98 Å². The Morgan fingerprint density at radius 1 is 1.45 bits per heavy atom. The van der Waals surface area contributed by atoms with Crippen LogP contribution in [0.15, 0.2) is 18.2 Å². The molecule has 0 radical (unpaired) electrons. The number of anilines is 1. The van der Waals surface area contributed by atoms with Gasteiger partial charge in [0, 0.05) is 4.88 Å². The van der Waals surface area contributed by atoms with Crippen LogP contribution in [0.1, 0.15) is 40.5 Å². The summed E-state index contributed by atoms with van der Waals surface area (Å²) >= 11 is 8.00. The van der Waals surface area contributed by atoms with Gasteiger partial charge in [0.05, 0.1) is 29.1 Å². The number of benzene rings is 1. The summed E-state index contributed by atoms with van der Waals surface area (Å²) in [6.45, 7) is 2.11. The van der Waals surface area contributed by atoms with Gasteiger partial charge in [-0.3, -0.25) is 0 Å². The first-order valence-electron chi connectivity index (χ1n) is 6.81. The van der Waals surface area contributed by atoms with Crippen molar-refractivity contribution >= 4 is 28.6 Å². The molecule has 20 heavy (non-hydrogen) atoms. The van der Waals surface area contributed by atoms with Gasteiger partial charge in [-0.2, -0.15) is 0 Å². The zero-order valence-electron chi connectivity index (χ0n) is 11.3. The highest BCUT2D eigenvalue weighted by atomic mass is 35.5. The number of nitrogens with one attached hydrogen (secondary N) is 1. The van der Waals surface area contributed by atoms with Gasteiger partial charge in [0.2, 0.25) is 0 Å². The van der Waals surface area contributed by atoms with E-state index >= 15 is 0 Å². The minimum atomic E-state index is 0.0196. The fourth-order valence-corrected chi connectivity index (χ4v) is 3.80. The Morgan fingerprint density at radius 3 is 3.05 bits per heavy atom. The van der Waals surface area contributed by atoms with E-state index in [-0.39, 0.29) is 12.6 Å². The van der Waals surface area contributed by atoms with Crippen LogP contribution < -0.4 is 5.32 Å². The molecule has 0 spiro atoms. The third kappa shape index (κ3) is 2.68. The van der Waals surface area contributed by atoms with E-state index in [1.165, 1.54) is 23.4 Å². The van der Waals surface area contributed by atoms with Crippen LogP contribution in [-0.4, -0.2) is 10.1 Å². The molecule has 1 aromatic heterocycles. The number of hydrogen-bond donors (Lipinski definition) is 2. The second-order valence-corrected chi connectivity index (χ2v) is 6.64. The summed E-state index contributed by atoms with van der Waals surface area (Å²) in [5, 5.41) is 14.4. The lowest BCUT2D eigenvalue weighted by Gasteiger charge is -2.15. The highest BCUT2D eigenvalue weighted by Gasteiger charge is 2.20. The van der Waals surface area contributed by atoms with Crippen molar-refractivity contribution in [2.45, 2.75) is 38.8 Å². The standard InChI is InChI=1S/C15H17ClN2OS/c1-9(15-18-12-3-2-4-14(12)20-15)17-13-7-10(8-19)5-6-11(13)16/h5-7,9,17,19H,2-4,8H2,1H3. The molecule has 1 heterocycles.